The second-order valence-electron chi connectivity index (χ2n) is 4.95. The van der Waals surface area contributed by atoms with Crippen LogP contribution in [0, 0.1) is 32.1 Å². The summed E-state index contributed by atoms with van der Waals surface area (Å²) < 4.78 is 0. The molecule has 1 aromatic heterocycles. The van der Waals surface area contributed by atoms with E-state index < -0.39 is 0 Å². The van der Waals surface area contributed by atoms with E-state index in [2.05, 4.69) is 11.1 Å². The lowest BCUT2D eigenvalue weighted by Crippen LogP contribution is -2.04. The highest BCUT2D eigenvalue weighted by Gasteiger charge is 2.12. The minimum Gasteiger partial charge on any atom is -0.293 e. The number of aromatic nitrogens is 1. The average Bonchev–Trinajstić information content (AvgIpc) is 2.45. The summed E-state index contributed by atoms with van der Waals surface area (Å²) in [5.74, 6) is 0.332. The molecule has 0 bridgehead atoms. The number of pyridine rings is 1. The number of ketones is 1. The Bertz CT molecular complexity index is 715. The number of carbonyl (C=O) groups excluding carboxylic acids is 1. The van der Waals surface area contributed by atoms with E-state index in [0.29, 0.717) is 16.2 Å². The van der Waals surface area contributed by atoms with E-state index in [-0.39, 0.29) is 11.5 Å². The highest BCUT2D eigenvalue weighted by Crippen LogP contribution is 2.24. The van der Waals surface area contributed by atoms with E-state index in [4.69, 9.17) is 0 Å². The van der Waals surface area contributed by atoms with Crippen LogP contribution >= 0.6 is 11.8 Å². The number of aryl methyl sites for hydroxylation is 3. The van der Waals surface area contributed by atoms with E-state index in [1.807, 2.05) is 51.1 Å². The molecule has 0 spiro atoms. The second-order valence-corrected chi connectivity index (χ2v) is 5.91. The minimum absolute atomic E-state index is 0.0462. The molecule has 0 aliphatic heterocycles. The summed E-state index contributed by atoms with van der Waals surface area (Å²) in [6, 6.07) is 11.6. The maximum absolute atomic E-state index is 12.2. The van der Waals surface area contributed by atoms with Crippen molar-refractivity contribution in [1.29, 1.82) is 5.26 Å². The summed E-state index contributed by atoms with van der Waals surface area (Å²) >= 11 is 1.32. The predicted octanol–water partition coefficient (Wildman–Crippen LogP) is 3.85. The fraction of sp³-hybridized carbons (Fsp3) is 0.235. The van der Waals surface area contributed by atoms with Crippen LogP contribution in [0.1, 0.15) is 32.7 Å². The standard InChI is InChI=1S/C17H16N2OS/c1-11-4-6-14(7-5-11)16(20)10-21-17-15(9-18)12(2)8-13(3)19-17/h4-8H,10H2,1-3H3. The van der Waals surface area contributed by atoms with Crippen molar-refractivity contribution in [1.82, 2.24) is 4.98 Å². The molecule has 4 heteroatoms. The van der Waals surface area contributed by atoms with Gasteiger partial charge >= 0.3 is 0 Å². The molecule has 2 aromatic rings. The first-order valence-corrected chi connectivity index (χ1v) is 7.61. The molecule has 106 valence electrons. The third-order valence-electron chi connectivity index (χ3n) is 3.14. The van der Waals surface area contributed by atoms with Gasteiger partial charge in [0.1, 0.15) is 11.1 Å². The number of Topliss-reactive ketones (excluding diaryl/α,β-unsaturated/α-hetero) is 1. The van der Waals surface area contributed by atoms with Gasteiger partial charge in [-0.3, -0.25) is 4.79 Å². The van der Waals surface area contributed by atoms with Gasteiger partial charge in [0.2, 0.25) is 0 Å². The highest BCUT2D eigenvalue weighted by molar-refractivity contribution is 8.00. The van der Waals surface area contributed by atoms with Crippen molar-refractivity contribution in [3.05, 3.63) is 58.3 Å². The Morgan fingerprint density at radius 3 is 2.52 bits per heavy atom. The first-order valence-electron chi connectivity index (χ1n) is 6.62. The fourth-order valence-corrected chi connectivity index (χ4v) is 2.99. The van der Waals surface area contributed by atoms with Gasteiger partial charge < -0.3 is 0 Å². The molecule has 3 nitrogen and oxygen atoms in total. The SMILES string of the molecule is Cc1ccc(C(=O)CSc2nc(C)cc(C)c2C#N)cc1. The average molecular weight is 296 g/mol. The van der Waals surface area contributed by atoms with Gasteiger partial charge in [-0.05, 0) is 32.4 Å². The van der Waals surface area contributed by atoms with Crippen molar-refractivity contribution in [2.75, 3.05) is 5.75 Å². The zero-order chi connectivity index (χ0) is 15.4. The van der Waals surface area contributed by atoms with Crippen molar-refractivity contribution in [3.8, 4) is 6.07 Å². The number of nitrogens with zero attached hydrogens (tertiary/aromatic N) is 2. The zero-order valence-corrected chi connectivity index (χ0v) is 13.1. The van der Waals surface area contributed by atoms with Crippen molar-refractivity contribution in [2.45, 2.75) is 25.8 Å². The molecular formula is C17H16N2OS. The first kappa shape index (κ1) is 15.3. The Morgan fingerprint density at radius 2 is 1.90 bits per heavy atom. The van der Waals surface area contributed by atoms with Crippen LogP contribution in [0.25, 0.3) is 0 Å². The van der Waals surface area contributed by atoms with Crippen LogP contribution in [0.2, 0.25) is 0 Å². The molecule has 0 radical (unpaired) electrons. The normalized spacial score (nSPS) is 10.2. The summed E-state index contributed by atoms with van der Waals surface area (Å²) in [6.45, 7) is 5.76. The maximum atomic E-state index is 12.2. The number of hydrogen-bond donors (Lipinski definition) is 0. The third kappa shape index (κ3) is 3.71. The van der Waals surface area contributed by atoms with Gasteiger partial charge in [-0.25, -0.2) is 4.98 Å². The number of benzene rings is 1. The van der Waals surface area contributed by atoms with E-state index in [1.165, 1.54) is 11.8 Å². The number of nitriles is 1. The lowest BCUT2D eigenvalue weighted by molar-refractivity contribution is 0.102. The lowest BCUT2D eigenvalue weighted by Gasteiger charge is -2.07. The molecule has 0 saturated carbocycles. The van der Waals surface area contributed by atoms with Crippen LogP contribution in [0.4, 0.5) is 0 Å². The van der Waals surface area contributed by atoms with Crippen molar-refractivity contribution >= 4 is 17.5 Å². The molecule has 0 N–H and O–H groups in total. The van der Waals surface area contributed by atoms with Gasteiger partial charge in [0, 0.05) is 11.3 Å². The summed E-state index contributed by atoms with van der Waals surface area (Å²) in [7, 11) is 0. The second kappa shape index (κ2) is 6.55. The number of rotatable bonds is 4. The molecule has 0 aliphatic rings. The molecule has 0 saturated heterocycles. The van der Waals surface area contributed by atoms with Crippen molar-refractivity contribution in [2.24, 2.45) is 0 Å². The Balaban J connectivity index is 2.15. The smallest absolute Gasteiger partial charge is 0.173 e. The highest BCUT2D eigenvalue weighted by atomic mass is 32.2. The van der Waals surface area contributed by atoms with Gasteiger partial charge in [-0.15, -0.1) is 0 Å². The van der Waals surface area contributed by atoms with E-state index in [1.54, 1.807) is 0 Å². The number of carbonyl (C=O) groups is 1. The summed E-state index contributed by atoms with van der Waals surface area (Å²) in [4.78, 5) is 16.5. The molecular weight excluding hydrogens is 280 g/mol. The van der Waals surface area contributed by atoms with Crippen LogP contribution in [0.5, 0.6) is 0 Å². The van der Waals surface area contributed by atoms with E-state index in [9.17, 15) is 10.1 Å². The van der Waals surface area contributed by atoms with Crippen LogP contribution in [-0.2, 0) is 0 Å². The first-order chi connectivity index (χ1) is 10.0. The Hall–Kier alpha value is -2.12. The van der Waals surface area contributed by atoms with Crippen LogP contribution < -0.4 is 0 Å². The molecule has 0 amide bonds. The number of thioether (sulfide) groups is 1. The molecule has 2 rings (SSSR count). The van der Waals surface area contributed by atoms with Gasteiger partial charge in [0.05, 0.1) is 11.3 Å². The quantitative estimate of drug-likeness (QED) is 0.635. The van der Waals surface area contributed by atoms with Gasteiger partial charge in [0.25, 0.3) is 0 Å². The summed E-state index contributed by atoms with van der Waals surface area (Å²) in [5, 5.41) is 9.85. The minimum atomic E-state index is 0.0462. The molecule has 0 fully saturated rings. The molecule has 0 unspecified atom stereocenters. The van der Waals surface area contributed by atoms with Crippen LogP contribution in [0.15, 0.2) is 35.4 Å². The van der Waals surface area contributed by atoms with Crippen LogP contribution in [0.3, 0.4) is 0 Å². The summed E-state index contributed by atoms with van der Waals surface area (Å²) in [6.07, 6.45) is 0. The van der Waals surface area contributed by atoms with E-state index >= 15 is 0 Å². The maximum Gasteiger partial charge on any atom is 0.173 e. The molecule has 1 aromatic carbocycles. The van der Waals surface area contributed by atoms with E-state index in [0.717, 1.165) is 16.8 Å². The molecule has 21 heavy (non-hydrogen) atoms. The van der Waals surface area contributed by atoms with Crippen LogP contribution in [-0.4, -0.2) is 16.5 Å². The monoisotopic (exact) mass is 296 g/mol. The largest absolute Gasteiger partial charge is 0.293 e. The predicted molar refractivity (Wildman–Crippen MR) is 84.7 cm³/mol. The topological polar surface area (TPSA) is 53.8 Å². The Morgan fingerprint density at radius 1 is 1.24 bits per heavy atom. The number of hydrogen-bond acceptors (Lipinski definition) is 4. The molecule has 0 aliphatic carbocycles. The lowest BCUT2D eigenvalue weighted by atomic mass is 10.1. The molecule has 1 heterocycles. The summed E-state index contributed by atoms with van der Waals surface area (Å²) in [5.41, 5.74) is 4.13. The van der Waals surface area contributed by atoms with Crippen molar-refractivity contribution < 1.29 is 4.79 Å². The Kier molecular flexibility index (Phi) is 4.77. The van der Waals surface area contributed by atoms with Gasteiger partial charge in [-0.2, -0.15) is 5.26 Å². The third-order valence-corrected chi connectivity index (χ3v) is 4.11. The fourth-order valence-electron chi connectivity index (χ4n) is 2.00. The van der Waals surface area contributed by atoms with Gasteiger partial charge in [-0.1, -0.05) is 41.6 Å². The van der Waals surface area contributed by atoms with Crippen molar-refractivity contribution in [3.63, 3.8) is 0 Å². The molecule has 0 atom stereocenters. The zero-order valence-electron chi connectivity index (χ0n) is 12.3. The Labute approximate surface area is 129 Å². The van der Waals surface area contributed by atoms with Gasteiger partial charge in [0.15, 0.2) is 5.78 Å².